The molecule has 0 spiro atoms. The van der Waals surface area contributed by atoms with E-state index in [1.54, 1.807) is 11.1 Å². The van der Waals surface area contributed by atoms with Crippen LogP contribution in [0.25, 0.3) is 0 Å². The van der Waals surface area contributed by atoms with Crippen LogP contribution in [0.2, 0.25) is 0 Å². The number of carbonyl (C=O) groups excluding carboxylic acids is 2. The van der Waals surface area contributed by atoms with E-state index in [1.807, 2.05) is 12.2 Å². The summed E-state index contributed by atoms with van der Waals surface area (Å²) in [5.74, 6) is 1.73. The number of fused-ring (bicyclic) bond motifs is 2. The van der Waals surface area contributed by atoms with Gasteiger partial charge in [0.1, 0.15) is 19.6 Å². The van der Waals surface area contributed by atoms with Crippen molar-refractivity contribution < 1.29 is 19.1 Å². The zero-order valence-electron chi connectivity index (χ0n) is 31.9. The second kappa shape index (κ2) is 15.2. The van der Waals surface area contributed by atoms with Crippen molar-refractivity contribution in [3.8, 4) is 0 Å². The summed E-state index contributed by atoms with van der Waals surface area (Å²) in [5, 5.41) is 0. The summed E-state index contributed by atoms with van der Waals surface area (Å²) in [6, 6.07) is 0. The van der Waals surface area contributed by atoms with Crippen molar-refractivity contribution in [2.75, 3.05) is 13.2 Å². The Kier molecular flexibility index (Phi) is 12.2. The van der Waals surface area contributed by atoms with Crippen LogP contribution in [0.1, 0.15) is 153 Å². The molecule has 0 aliphatic heterocycles. The average molecular weight is 649 g/mol. The van der Waals surface area contributed by atoms with Crippen molar-refractivity contribution in [2.45, 2.75) is 153 Å². The van der Waals surface area contributed by atoms with Crippen LogP contribution in [0.3, 0.4) is 0 Å². The molecule has 0 aromatic carbocycles. The number of carbonyl (C=O) groups is 2. The second-order valence-electron chi connectivity index (χ2n) is 17.7. The third-order valence-corrected chi connectivity index (χ3v) is 14.4. The molecule has 0 aromatic heterocycles. The molecule has 7 unspecified atom stereocenters. The zero-order valence-corrected chi connectivity index (χ0v) is 31.9. The van der Waals surface area contributed by atoms with Crippen LogP contribution < -0.4 is 0 Å². The van der Waals surface area contributed by atoms with Crippen molar-refractivity contribution in [1.29, 1.82) is 0 Å². The van der Waals surface area contributed by atoms with E-state index in [4.69, 9.17) is 9.47 Å². The topological polar surface area (TPSA) is 52.6 Å². The lowest BCUT2D eigenvalue weighted by Crippen LogP contribution is -2.49. The number of hydrogen-bond donors (Lipinski definition) is 0. The molecule has 0 bridgehead atoms. The smallest absolute Gasteiger partial charge is 0.317 e. The fourth-order valence-corrected chi connectivity index (χ4v) is 10.8. The van der Waals surface area contributed by atoms with Gasteiger partial charge in [-0.25, -0.2) is 0 Å². The number of esters is 2. The van der Waals surface area contributed by atoms with E-state index in [0.717, 1.165) is 37.5 Å². The quantitative estimate of drug-likeness (QED) is 0.120. The zero-order chi connectivity index (χ0) is 34.6. The molecule has 4 aliphatic rings. The van der Waals surface area contributed by atoms with Gasteiger partial charge in [0, 0.05) is 0 Å². The minimum Gasteiger partial charge on any atom is -0.461 e. The predicted molar refractivity (Wildman–Crippen MR) is 195 cm³/mol. The Morgan fingerprint density at radius 2 is 1.49 bits per heavy atom. The van der Waals surface area contributed by atoms with Gasteiger partial charge >= 0.3 is 11.9 Å². The van der Waals surface area contributed by atoms with Gasteiger partial charge in [0.2, 0.25) is 0 Å². The lowest BCUT2D eigenvalue weighted by atomic mass is 9.47. The molecule has 0 aromatic rings. The van der Waals surface area contributed by atoms with Gasteiger partial charge in [-0.2, -0.15) is 0 Å². The van der Waals surface area contributed by atoms with Gasteiger partial charge in [0.05, 0.1) is 0 Å². The highest BCUT2D eigenvalue weighted by atomic mass is 16.6. The van der Waals surface area contributed by atoms with Crippen LogP contribution in [-0.2, 0) is 19.1 Å². The van der Waals surface area contributed by atoms with Crippen LogP contribution >= 0.6 is 0 Å². The maximum Gasteiger partial charge on any atom is 0.317 e. The van der Waals surface area contributed by atoms with Crippen LogP contribution in [0, 0.1) is 45.3 Å². The van der Waals surface area contributed by atoms with Crippen molar-refractivity contribution in [3.05, 3.63) is 46.6 Å². The van der Waals surface area contributed by atoms with E-state index in [1.165, 1.54) is 62.5 Å². The van der Waals surface area contributed by atoms with Gasteiger partial charge in [0.15, 0.2) is 0 Å². The summed E-state index contributed by atoms with van der Waals surface area (Å²) in [6.45, 7) is 24.3. The van der Waals surface area contributed by atoms with Gasteiger partial charge < -0.3 is 9.47 Å². The van der Waals surface area contributed by atoms with Crippen LogP contribution in [0.15, 0.2) is 46.6 Å². The Labute approximate surface area is 288 Å². The van der Waals surface area contributed by atoms with Crippen LogP contribution in [-0.4, -0.2) is 25.2 Å². The number of hydrogen-bond acceptors (Lipinski definition) is 4. The van der Waals surface area contributed by atoms with E-state index in [2.05, 4.69) is 81.4 Å². The highest BCUT2D eigenvalue weighted by molar-refractivity contribution is 5.91. The minimum absolute atomic E-state index is 0.204. The fourth-order valence-electron chi connectivity index (χ4n) is 10.8. The first kappa shape index (κ1) is 37.7. The summed E-state index contributed by atoms with van der Waals surface area (Å²) in [7, 11) is 0. The predicted octanol–water partition coefficient (Wildman–Crippen LogP) is 11.5. The first-order valence-corrected chi connectivity index (χ1v) is 19.0. The summed E-state index contributed by atoms with van der Waals surface area (Å²) in [6.07, 6.45) is 23.2. The highest BCUT2D eigenvalue weighted by Gasteiger charge is 2.53. The molecule has 2 saturated carbocycles. The first-order valence-electron chi connectivity index (χ1n) is 19.0. The van der Waals surface area contributed by atoms with E-state index in [0.29, 0.717) is 33.5 Å². The summed E-state index contributed by atoms with van der Waals surface area (Å²) >= 11 is 0. The van der Waals surface area contributed by atoms with E-state index in [9.17, 15) is 9.59 Å². The summed E-state index contributed by atoms with van der Waals surface area (Å²) < 4.78 is 10.8. The summed E-state index contributed by atoms with van der Waals surface area (Å²) in [4.78, 5) is 24.7. The number of ether oxygens (including phenoxy) is 2. The maximum atomic E-state index is 12.4. The average Bonchev–Trinajstić information content (AvgIpc) is 2.98. The van der Waals surface area contributed by atoms with E-state index < -0.39 is 11.9 Å². The lowest BCUT2D eigenvalue weighted by molar-refractivity contribution is -0.153. The second-order valence-corrected chi connectivity index (χ2v) is 17.7. The number of allylic oxidation sites excluding steroid dienone is 6. The van der Waals surface area contributed by atoms with Crippen molar-refractivity contribution in [3.63, 3.8) is 0 Å². The van der Waals surface area contributed by atoms with Gasteiger partial charge in [0.25, 0.3) is 0 Å². The molecule has 0 saturated heterocycles. The molecule has 4 heteroatoms. The standard InChI is InChI=1S/C43H68O4/c1-30(15-17-35-32(3)16-18-36-40(6,7)23-12-24-43(35,36)10)21-27-46-38(44)29-39(45)47-28-22-31(2)19-25-41(8)34(5)20-26-42(9)33(4)13-11-14-37(41)42/h13,16,21-22,34-37H,11-12,14-15,17-20,23-29H2,1-10H3. The maximum absolute atomic E-state index is 12.4. The molecule has 4 nitrogen and oxygen atoms in total. The highest BCUT2D eigenvalue weighted by Crippen LogP contribution is 2.62. The van der Waals surface area contributed by atoms with Crippen molar-refractivity contribution in [2.24, 2.45) is 45.3 Å². The molecular weight excluding hydrogens is 580 g/mol. The summed E-state index contributed by atoms with van der Waals surface area (Å²) in [5.41, 5.74) is 7.04. The van der Waals surface area contributed by atoms with Gasteiger partial charge in [-0.3, -0.25) is 9.59 Å². The molecule has 4 rings (SSSR count). The Morgan fingerprint density at radius 1 is 0.851 bits per heavy atom. The Morgan fingerprint density at radius 3 is 2.15 bits per heavy atom. The van der Waals surface area contributed by atoms with Gasteiger partial charge in [-0.1, -0.05) is 82.4 Å². The van der Waals surface area contributed by atoms with E-state index >= 15 is 0 Å². The van der Waals surface area contributed by atoms with Crippen molar-refractivity contribution in [1.82, 2.24) is 0 Å². The molecule has 2 fully saturated rings. The normalized spacial score (nSPS) is 35.6. The molecule has 0 amide bonds. The van der Waals surface area contributed by atoms with Gasteiger partial charge in [-0.05, 0) is 156 Å². The third-order valence-electron chi connectivity index (χ3n) is 14.4. The Hall–Kier alpha value is -2.10. The molecule has 264 valence electrons. The largest absolute Gasteiger partial charge is 0.461 e. The minimum atomic E-state index is -0.523. The molecule has 0 heterocycles. The molecule has 47 heavy (non-hydrogen) atoms. The first-order chi connectivity index (χ1) is 22.0. The van der Waals surface area contributed by atoms with Crippen molar-refractivity contribution >= 4 is 11.9 Å². The number of rotatable bonds is 12. The van der Waals surface area contributed by atoms with Crippen LogP contribution in [0.5, 0.6) is 0 Å². The lowest BCUT2D eigenvalue weighted by Gasteiger charge is -2.58. The SMILES string of the molecule is CC(=CCOC(=O)CC(=O)OCC=C(C)CCC1(C)C(C)CCC2(C)C(C)=CCCC21)CCC1C(C)=CCC2C(C)(C)CCCC12C. The monoisotopic (exact) mass is 649 g/mol. The molecule has 0 N–H and O–H groups in total. The Balaban J connectivity index is 1.17. The molecule has 4 aliphatic carbocycles. The Bertz CT molecular complexity index is 1260. The molecular formula is C43H68O4. The third kappa shape index (κ3) is 8.38. The molecule has 0 radical (unpaired) electrons. The molecule has 7 atom stereocenters. The van der Waals surface area contributed by atoms with Crippen LogP contribution in [0.4, 0.5) is 0 Å². The van der Waals surface area contributed by atoms with Gasteiger partial charge in [-0.15, -0.1) is 0 Å². The fraction of sp³-hybridized carbons (Fsp3) is 0.767. The van der Waals surface area contributed by atoms with E-state index in [-0.39, 0.29) is 19.6 Å².